The van der Waals surface area contributed by atoms with Crippen LogP contribution in [0.3, 0.4) is 0 Å². The molecule has 0 saturated carbocycles. The molecule has 1 unspecified atom stereocenters. The molecule has 1 amide bonds. The third kappa shape index (κ3) is 3.57. The van der Waals surface area contributed by atoms with Crippen molar-refractivity contribution >= 4 is 33.4 Å². The molecule has 2 aromatic rings. The zero-order chi connectivity index (χ0) is 14.9. The summed E-state index contributed by atoms with van der Waals surface area (Å²) in [5, 5.41) is 3.06. The lowest BCUT2D eigenvalue weighted by molar-refractivity contribution is -0.119. The van der Waals surface area contributed by atoms with Crippen molar-refractivity contribution in [3.63, 3.8) is 0 Å². The van der Waals surface area contributed by atoms with Gasteiger partial charge in [0.2, 0.25) is 5.91 Å². The summed E-state index contributed by atoms with van der Waals surface area (Å²) >= 11 is 0. The van der Waals surface area contributed by atoms with E-state index in [2.05, 4.69) is 15.3 Å². The second-order valence-corrected chi connectivity index (χ2v) is 6.97. The fourth-order valence-corrected chi connectivity index (χ4v) is 2.62. The highest BCUT2D eigenvalue weighted by Gasteiger charge is 2.18. The number of nitrogen functional groups attached to an aromatic ring is 1. The van der Waals surface area contributed by atoms with E-state index in [1.807, 2.05) is 20.8 Å². The maximum absolute atomic E-state index is 12.1. The second kappa shape index (κ2) is 5.24. The van der Waals surface area contributed by atoms with Gasteiger partial charge in [-0.25, -0.2) is 4.98 Å². The quantitative estimate of drug-likeness (QED) is 0.740. The van der Waals surface area contributed by atoms with E-state index in [0.29, 0.717) is 16.7 Å². The summed E-state index contributed by atoms with van der Waals surface area (Å²) in [6, 6.07) is 5.19. The highest BCUT2D eigenvalue weighted by atomic mass is 32.2. The molecule has 4 N–H and O–H groups in total. The van der Waals surface area contributed by atoms with Gasteiger partial charge in [0.05, 0.1) is 21.8 Å². The van der Waals surface area contributed by atoms with Crippen LogP contribution in [0.15, 0.2) is 23.4 Å². The first-order chi connectivity index (χ1) is 9.24. The van der Waals surface area contributed by atoms with Crippen LogP contribution in [0.1, 0.15) is 20.8 Å². The van der Waals surface area contributed by atoms with Gasteiger partial charge in [0, 0.05) is 11.2 Å². The number of fused-ring (bicyclic) bond motifs is 1. The van der Waals surface area contributed by atoms with Crippen molar-refractivity contribution in [3.8, 4) is 0 Å². The molecule has 2 rings (SSSR count). The summed E-state index contributed by atoms with van der Waals surface area (Å²) in [4.78, 5) is 18.9. The predicted molar refractivity (Wildman–Crippen MR) is 79.7 cm³/mol. The number of amides is 1. The molecule has 0 radical (unpaired) electrons. The Bertz CT molecular complexity index is 673. The zero-order valence-corrected chi connectivity index (χ0v) is 12.5. The highest BCUT2D eigenvalue weighted by Crippen LogP contribution is 2.16. The van der Waals surface area contributed by atoms with Crippen molar-refractivity contribution in [2.75, 3.05) is 11.5 Å². The third-order valence-corrected chi connectivity index (χ3v) is 3.63. The SMILES string of the molecule is CC(C)(C)NC(=O)CS(=O)c1nc2ccc(N)cc2[nH]1. The molecule has 6 nitrogen and oxygen atoms in total. The summed E-state index contributed by atoms with van der Waals surface area (Å²) in [5.74, 6) is -0.386. The number of carbonyl (C=O) groups is 1. The topological polar surface area (TPSA) is 101 Å². The van der Waals surface area contributed by atoms with Gasteiger partial charge in [-0.05, 0) is 39.0 Å². The van der Waals surface area contributed by atoms with E-state index in [1.54, 1.807) is 18.2 Å². The lowest BCUT2D eigenvalue weighted by Gasteiger charge is -2.19. The summed E-state index contributed by atoms with van der Waals surface area (Å²) in [6.07, 6.45) is 0. The number of nitrogens with zero attached hydrogens (tertiary/aromatic N) is 1. The van der Waals surface area contributed by atoms with Gasteiger partial charge < -0.3 is 16.0 Å². The van der Waals surface area contributed by atoms with Gasteiger partial charge in [0.1, 0.15) is 5.75 Å². The first kappa shape index (κ1) is 14.5. The fourth-order valence-electron chi connectivity index (χ4n) is 1.75. The molecule has 108 valence electrons. The van der Waals surface area contributed by atoms with E-state index in [0.717, 1.165) is 0 Å². The van der Waals surface area contributed by atoms with Gasteiger partial charge in [-0.2, -0.15) is 0 Å². The number of imidazole rings is 1. The van der Waals surface area contributed by atoms with E-state index < -0.39 is 10.8 Å². The zero-order valence-electron chi connectivity index (χ0n) is 11.7. The molecule has 1 atom stereocenters. The van der Waals surface area contributed by atoms with E-state index in [4.69, 9.17) is 5.73 Å². The molecule has 0 spiro atoms. The van der Waals surface area contributed by atoms with Crippen LogP contribution in [0, 0.1) is 0 Å². The molecule has 1 aromatic carbocycles. The van der Waals surface area contributed by atoms with Crippen LogP contribution in [0.5, 0.6) is 0 Å². The molecule has 0 aliphatic rings. The molecule has 0 fully saturated rings. The van der Waals surface area contributed by atoms with Crippen molar-refractivity contribution in [2.45, 2.75) is 31.5 Å². The number of aromatic amines is 1. The Morgan fingerprint density at radius 1 is 1.45 bits per heavy atom. The minimum absolute atomic E-state index is 0.118. The molecule has 20 heavy (non-hydrogen) atoms. The second-order valence-electron chi connectivity index (χ2n) is 5.61. The Morgan fingerprint density at radius 2 is 2.15 bits per heavy atom. The van der Waals surface area contributed by atoms with E-state index in [-0.39, 0.29) is 22.4 Å². The van der Waals surface area contributed by atoms with Gasteiger partial charge >= 0.3 is 0 Å². The number of benzene rings is 1. The molecule has 0 bridgehead atoms. The standard InChI is InChI=1S/C13H18N4O2S/c1-13(2,3)17-11(18)7-20(19)12-15-9-5-4-8(14)6-10(9)16-12/h4-6H,7,14H2,1-3H3,(H,15,16)(H,17,18). The first-order valence-electron chi connectivity index (χ1n) is 6.19. The average molecular weight is 294 g/mol. The lowest BCUT2D eigenvalue weighted by Crippen LogP contribution is -2.42. The Kier molecular flexibility index (Phi) is 3.80. The molecular weight excluding hydrogens is 276 g/mol. The molecule has 0 aliphatic heterocycles. The highest BCUT2D eigenvalue weighted by molar-refractivity contribution is 7.85. The molecular formula is C13H18N4O2S. The Morgan fingerprint density at radius 3 is 2.80 bits per heavy atom. The number of hydrogen-bond donors (Lipinski definition) is 3. The van der Waals surface area contributed by atoms with Gasteiger partial charge in [-0.1, -0.05) is 0 Å². The molecule has 1 heterocycles. The van der Waals surface area contributed by atoms with Crippen molar-refractivity contribution in [1.29, 1.82) is 0 Å². The van der Waals surface area contributed by atoms with Crippen molar-refractivity contribution in [2.24, 2.45) is 0 Å². The molecule has 7 heteroatoms. The predicted octanol–water partition coefficient (Wildman–Crippen LogP) is 1.17. The largest absolute Gasteiger partial charge is 0.399 e. The van der Waals surface area contributed by atoms with Gasteiger partial charge in [-0.15, -0.1) is 0 Å². The van der Waals surface area contributed by atoms with Gasteiger partial charge in [-0.3, -0.25) is 9.00 Å². The summed E-state index contributed by atoms with van der Waals surface area (Å²) in [7, 11) is -1.51. The maximum Gasteiger partial charge on any atom is 0.233 e. The van der Waals surface area contributed by atoms with Crippen LogP contribution >= 0.6 is 0 Å². The van der Waals surface area contributed by atoms with E-state index >= 15 is 0 Å². The lowest BCUT2D eigenvalue weighted by atomic mass is 10.1. The number of rotatable bonds is 3. The number of hydrogen-bond acceptors (Lipinski definition) is 4. The van der Waals surface area contributed by atoms with Crippen molar-refractivity contribution in [1.82, 2.24) is 15.3 Å². The number of nitrogens with one attached hydrogen (secondary N) is 2. The number of nitrogens with two attached hydrogens (primary N) is 1. The van der Waals surface area contributed by atoms with Gasteiger partial charge in [0.15, 0.2) is 5.16 Å². The van der Waals surface area contributed by atoms with Crippen LogP contribution in [0.2, 0.25) is 0 Å². The average Bonchev–Trinajstić information content (AvgIpc) is 2.68. The number of anilines is 1. The van der Waals surface area contributed by atoms with Gasteiger partial charge in [0.25, 0.3) is 0 Å². The van der Waals surface area contributed by atoms with Crippen molar-refractivity contribution in [3.05, 3.63) is 18.2 Å². The normalized spacial score (nSPS) is 13.3. The first-order valence-corrected chi connectivity index (χ1v) is 7.51. The van der Waals surface area contributed by atoms with E-state index in [9.17, 15) is 9.00 Å². The minimum Gasteiger partial charge on any atom is -0.399 e. The number of carbonyl (C=O) groups excluding carboxylic acids is 1. The maximum atomic E-state index is 12.1. The third-order valence-electron chi connectivity index (χ3n) is 2.48. The molecule has 0 saturated heterocycles. The fraction of sp³-hybridized carbons (Fsp3) is 0.385. The smallest absolute Gasteiger partial charge is 0.233 e. The van der Waals surface area contributed by atoms with Crippen LogP contribution in [-0.4, -0.2) is 31.4 Å². The van der Waals surface area contributed by atoms with Crippen LogP contribution in [0.4, 0.5) is 5.69 Å². The monoisotopic (exact) mass is 294 g/mol. The van der Waals surface area contributed by atoms with E-state index in [1.165, 1.54) is 0 Å². The Hall–Kier alpha value is -1.89. The summed E-state index contributed by atoms with van der Waals surface area (Å²) < 4.78 is 12.1. The van der Waals surface area contributed by atoms with Crippen LogP contribution in [-0.2, 0) is 15.6 Å². The number of H-pyrrole nitrogens is 1. The Balaban J connectivity index is 2.13. The molecule has 0 aliphatic carbocycles. The summed E-state index contributed by atoms with van der Waals surface area (Å²) in [5.41, 5.74) is 7.32. The van der Waals surface area contributed by atoms with Crippen LogP contribution < -0.4 is 11.1 Å². The minimum atomic E-state index is -1.51. The molecule has 1 aromatic heterocycles. The number of aromatic nitrogens is 2. The Labute approximate surface area is 119 Å². The van der Waals surface area contributed by atoms with Crippen molar-refractivity contribution < 1.29 is 9.00 Å². The van der Waals surface area contributed by atoms with Crippen LogP contribution in [0.25, 0.3) is 11.0 Å². The summed E-state index contributed by atoms with van der Waals surface area (Å²) in [6.45, 7) is 5.62.